The number of rotatable bonds is 1. The lowest BCUT2D eigenvalue weighted by Crippen LogP contribution is -2.13. The van der Waals surface area contributed by atoms with Crippen LogP contribution in [0.15, 0.2) is 12.3 Å². The summed E-state index contributed by atoms with van der Waals surface area (Å²) in [6.07, 6.45) is -4.27. The summed E-state index contributed by atoms with van der Waals surface area (Å²) in [5.41, 5.74) is -2.59. The Morgan fingerprint density at radius 3 is 2.43 bits per heavy atom. The van der Waals surface area contributed by atoms with E-state index in [1.807, 2.05) is 0 Å². The van der Waals surface area contributed by atoms with Gasteiger partial charge in [-0.25, -0.2) is 9.37 Å². The lowest BCUT2D eigenvalue weighted by Gasteiger charge is -2.07. The normalized spacial score (nSPS) is 11.5. The average molecular weight is 228 g/mol. The molecule has 1 rings (SSSR count). The van der Waals surface area contributed by atoms with Crippen molar-refractivity contribution in [3.05, 3.63) is 29.3 Å². The molecule has 0 fully saturated rings. The first-order valence-corrected chi connectivity index (χ1v) is 3.63. The molecule has 0 radical (unpaired) electrons. The number of halogens is 5. The third-order valence-corrected chi connectivity index (χ3v) is 1.57. The molecule has 76 valence electrons. The zero-order valence-electron chi connectivity index (χ0n) is 6.40. The number of nitrogens with zero attached hydrogens (tertiary/aromatic N) is 1. The zero-order valence-corrected chi connectivity index (χ0v) is 7.16. The fraction of sp³-hybridized carbons (Fsp3) is 0.143. The van der Waals surface area contributed by atoms with Gasteiger partial charge in [-0.15, -0.1) is 0 Å². The van der Waals surface area contributed by atoms with Gasteiger partial charge in [0.1, 0.15) is 0 Å². The Balaban J connectivity index is 3.35. The Morgan fingerprint density at radius 2 is 2.00 bits per heavy atom. The maximum Gasteiger partial charge on any atom is 0.436 e. The zero-order chi connectivity index (χ0) is 10.9. The molecule has 0 bridgehead atoms. The molecule has 2 nitrogen and oxygen atoms in total. The number of carbonyl (C=O) groups is 1. The molecule has 0 aliphatic carbocycles. The number of aromatic nitrogens is 1. The first-order chi connectivity index (χ1) is 6.34. The van der Waals surface area contributed by atoms with Gasteiger partial charge in [-0.3, -0.25) is 4.79 Å². The van der Waals surface area contributed by atoms with Gasteiger partial charge in [0.25, 0.3) is 5.24 Å². The van der Waals surface area contributed by atoms with E-state index >= 15 is 0 Å². The second-order valence-electron chi connectivity index (χ2n) is 2.29. The van der Waals surface area contributed by atoms with E-state index in [1.165, 1.54) is 0 Å². The summed E-state index contributed by atoms with van der Waals surface area (Å²) in [7, 11) is 0. The van der Waals surface area contributed by atoms with Crippen molar-refractivity contribution in [2.75, 3.05) is 0 Å². The molecule has 1 heterocycles. The highest BCUT2D eigenvalue weighted by atomic mass is 35.5. The summed E-state index contributed by atoms with van der Waals surface area (Å²) in [5.74, 6) is -1.75. The Kier molecular flexibility index (Phi) is 2.75. The van der Waals surface area contributed by atoms with Crippen LogP contribution in [-0.2, 0) is 6.18 Å². The van der Waals surface area contributed by atoms with E-state index in [0.29, 0.717) is 6.20 Å². The van der Waals surface area contributed by atoms with Crippen molar-refractivity contribution >= 4 is 16.8 Å². The van der Waals surface area contributed by atoms with Crippen molar-refractivity contribution in [1.29, 1.82) is 0 Å². The van der Waals surface area contributed by atoms with Crippen LogP contribution in [0.4, 0.5) is 17.6 Å². The first-order valence-electron chi connectivity index (χ1n) is 3.25. The van der Waals surface area contributed by atoms with Crippen molar-refractivity contribution in [1.82, 2.24) is 4.98 Å². The van der Waals surface area contributed by atoms with Crippen LogP contribution in [0.3, 0.4) is 0 Å². The molecule has 1 aromatic heterocycles. The highest BCUT2D eigenvalue weighted by Crippen LogP contribution is 2.30. The molecule has 0 amide bonds. The second kappa shape index (κ2) is 3.53. The van der Waals surface area contributed by atoms with Gasteiger partial charge in [0, 0.05) is 6.20 Å². The molecular weight excluding hydrogens is 226 g/mol. The molecule has 0 N–H and O–H groups in total. The highest BCUT2D eigenvalue weighted by molar-refractivity contribution is 6.67. The monoisotopic (exact) mass is 227 g/mol. The summed E-state index contributed by atoms with van der Waals surface area (Å²) in [4.78, 5) is 13.3. The van der Waals surface area contributed by atoms with Crippen molar-refractivity contribution in [3.63, 3.8) is 0 Å². The Labute approximate surface area is 80.5 Å². The van der Waals surface area contributed by atoms with Crippen LogP contribution in [0.2, 0.25) is 0 Å². The number of pyridine rings is 1. The summed E-state index contributed by atoms with van der Waals surface area (Å²) in [6.45, 7) is 0. The molecule has 7 heteroatoms. The molecule has 0 saturated carbocycles. The van der Waals surface area contributed by atoms with Crippen LogP contribution in [-0.4, -0.2) is 10.2 Å². The number of hydrogen-bond acceptors (Lipinski definition) is 2. The summed E-state index contributed by atoms with van der Waals surface area (Å²) in [5, 5.41) is -1.30. The molecule has 0 aliphatic rings. The van der Waals surface area contributed by atoms with Crippen molar-refractivity contribution in [2.45, 2.75) is 6.18 Å². The van der Waals surface area contributed by atoms with Crippen LogP contribution in [0.1, 0.15) is 16.1 Å². The first kappa shape index (κ1) is 10.9. The van der Waals surface area contributed by atoms with Gasteiger partial charge in [-0.2, -0.15) is 13.2 Å². The Bertz CT molecular complexity index is 376. The fourth-order valence-corrected chi connectivity index (χ4v) is 0.939. The van der Waals surface area contributed by atoms with Gasteiger partial charge in [0.2, 0.25) is 0 Å². The van der Waals surface area contributed by atoms with Gasteiger partial charge < -0.3 is 0 Å². The van der Waals surface area contributed by atoms with Gasteiger partial charge >= 0.3 is 6.18 Å². The average Bonchev–Trinajstić information content (AvgIpc) is 2.01. The Morgan fingerprint density at radius 1 is 1.43 bits per heavy atom. The summed E-state index contributed by atoms with van der Waals surface area (Å²) < 4.78 is 49.0. The third kappa shape index (κ3) is 2.01. The molecule has 0 unspecified atom stereocenters. The van der Waals surface area contributed by atoms with Crippen molar-refractivity contribution in [3.8, 4) is 0 Å². The molecule has 1 aromatic rings. The largest absolute Gasteiger partial charge is 0.436 e. The van der Waals surface area contributed by atoms with Gasteiger partial charge in [-0.1, -0.05) is 0 Å². The highest BCUT2D eigenvalue weighted by Gasteiger charge is 2.37. The maximum absolute atomic E-state index is 12.9. The van der Waals surface area contributed by atoms with E-state index in [0.717, 1.165) is 6.07 Å². The Hall–Kier alpha value is -1.17. The van der Waals surface area contributed by atoms with Gasteiger partial charge in [0.15, 0.2) is 11.5 Å². The number of hydrogen-bond donors (Lipinski definition) is 0. The lowest BCUT2D eigenvalue weighted by atomic mass is 10.2. The smallest absolute Gasteiger partial charge is 0.275 e. The topological polar surface area (TPSA) is 30.0 Å². The SMILES string of the molecule is O=C(Cl)c1ccnc(C(F)(F)F)c1F. The van der Waals surface area contributed by atoms with E-state index in [2.05, 4.69) is 4.98 Å². The van der Waals surface area contributed by atoms with Crippen LogP contribution in [0, 0.1) is 5.82 Å². The van der Waals surface area contributed by atoms with E-state index in [4.69, 9.17) is 11.6 Å². The van der Waals surface area contributed by atoms with E-state index in [1.54, 1.807) is 0 Å². The molecule has 0 aliphatic heterocycles. The molecule has 0 saturated heterocycles. The molecule has 14 heavy (non-hydrogen) atoms. The van der Waals surface area contributed by atoms with Gasteiger partial charge in [-0.05, 0) is 17.7 Å². The van der Waals surface area contributed by atoms with E-state index in [9.17, 15) is 22.4 Å². The predicted octanol–water partition coefficient (Wildman–Crippen LogP) is 2.62. The number of alkyl halides is 3. The third-order valence-electron chi connectivity index (χ3n) is 1.37. The standard InChI is InChI=1S/C7H2ClF4NO/c8-6(14)3-1-2-13-5(4(3)9)7(10,11)12/h1-2H. The quantitative estimate of drug-likeness (QED) is 0.545. The lowest BCUT2D eigenvalue weighted by molar-refractivity contribution is -0.143. The predicted molar refractivity (Wildman–Crippen MR) is 39.4 cm³/mol. The minimum atomic E-state index is -4.94. The van der Waals surface area contributed by atoms with E-state index in [-0.39, 0.29) is 0 Å². The minimum absolute atomic E-state index is 0.668. The molecular formula is C7H2ClF4NO. The molecule has 0 atom stereocenters. The summed E-state index contributed by atoms with van der Waals surface area (Å²) in [6, 6.07) is 0.778. The van der Waals surface area contributed by atoms with Crippen molar-refractivity contribution in [2.24, 2.45) is 0 Å². The maximum atomic E-state index is 12.9. The van der Waals surface area contributed by atoms with Crippen LogP contribution in [0.25, 0.3) is 0 Å². The molecule has 0 aromatic carbocycles. The van der Waals surface area contributed by atoms with Crippen LogP contribution in [0.5, 0.6) is 0 Å². The van der Waals surface area contributed by atoms with Crippen molar-refractivity contribution < 1.29 is 22.4 Å². The van der Waals surface area contributed by atoms with Crippen LogP contribution < -0.4 is 0 Å². The fourth-order valence-electron chi connectivity index (χ4n) is 0.793. The minimum Gasteiger partial charge on any atom is -0.275 e. The van der Waals surface area contributed by atoms with Crippen LogP contribution >= 0.6 is 11.6 Å². The van der Waals surface area contributed by atoms with E-state index < -0.39 is 28.5 Å². The molecule has 0 spiro atoms. The number of carbonyl (C=O) groups excluding carboxylic acids is 1. The summed E-state index contributed by atoms with van der Waals surface area (Å²) >= 11 is 4.86. The second-order valence-corrected chi connectivity index (χ2v) is 2.64. The van der Waals surface area contributed by atoms with Gasteiger partial charge in [0.05, 0.1) is 5.56 Å².